The van der Waals surface area contributed by atoms with Crippen molar-refractivity contribution in [2.75, 3.05) is 19.0 Å². The van der Waals surface area contributed by atoms with Crippen molar-refractivity contribution in [3.05, 3.63) is 71.9 Å². The molecule has 0 fully saturated rings. The zero-order chi connectivity index (χ0) is 21.6. The van der Waals surface area contributed by atoms with E-state index in [1.807, 2.05) is 30.3 Å². The van der Waals surface area contributed by atoms with Crippen LogP contribution in [0, 0.1) is 0 Å². The number of thiazole rings is 1. The zero-order valence-electron chi connectivity index (χ0n) is 16.8. The number of anilines is 1. The van der Waals surface area contributed by atoms with Gasteiger partial charge < -0.3 is 15.4 Å². The van der Waals surface area contributed by atoms with Crippen molar-refractivity contribution in [1.82, 2.24) is 15.3 Å². The van der Waals surface area contributed by atoms with Crippen molar-refractivity contribution in [3.63, 3.8) is 0 Å². The average Bonchev–Trinajstić information content (AvgIpc) is 3.20. The lowest BCUT2D eigenvalue weighted by atomic mass is 10.1. The summed E-state index contributed by atoms with van der Waals surface area (Å²) in [6, 6.07) is 19.5. The van der Waals surface area contributed by atoms with Crippen LogP contribution >= 0.6 is 11.3 Å². The molecule has 4 aromatic rings. The molecule has 0 aliphatic rings. The highest BCUT2D eigenvalue weighted by Crippen LogP contribution is 2.28. The molecule has 2 aromatic heterocycles. The number of pyridine rings is 1. The monoisotopic (exact) mass is 432 g/mol. The summed E-state index contributed by atoms with van der Waals surface area (Å²) < 4.78 is 6.00. The maximum absolute atomic E-state index is 12.3. The van der Waals surface area contributed by atoms with Gasteiger partial charge in [0.1, 0.15) is 5.01 Å². The van der Waals surface area contributed by atoms with Gasteiger partial charge in [-0.15, -0.1) is 11.3 Å². The van der Waals surface area contributed by atoms with Gasteiger partial charge in [0.05, 0.1) is 42.2 Å². The Labute approximate surface area is 183 Å². The van der Waals surface area contributed by atoms with Gasteiger partial charge in [-0.1, -0.05) is 36.4 Å². The number of fused-ring (bicyclic) bond motifs is 1. The van der Waals surface area contributed by atoms with Crippen LogP contribution < -0.4 is 15.4 Å². The molecule has 0 radical (unpaired) electrons. The molecule has 0 saturated heterocycles. The summed E-state index contributed by atoms with van der Waals surface area (Å²) in [6.07, 6.45) is 1.61. The molecule has 8 heteroatoms. The Morgan fingerprint density at radius 1 is 1.00 bits per heavy atom. The first-order chi connectivity index (χ1) is 15.1. The van der Waals surface area contributed by atoms with Crippen molar-refractivity contribution < 1.29 is 14.3 Å². The Hall–Kier alpha value is -3.78. The van der Waals surface area contributed by atoms with Crippen LogP contribution in [-0.2, 0) is 16.0 Å². The van der Waals surface area contributed by atoms with E-state index in [0.29, 0.717) is 16.6 Å². The van der Waals surface area contributed by atoms with Gasteiger partial charge >= 0.3 is 0 Å². The van der Waals surface area contributed by atoms with Crippen LogP contribution in [0.5, 0.6) is 5.88 Å². The van der Waals surface area contributed by atoms with Gasteiger partial charge in [0.15, 0.2) is 0 Å². The number of methoxy groups -OCH3 is 1. The standard InChI is InChI=1S/C23H20N4O3S/c1-30-22-10-8-17(13-25-22)26-21(29)14-24-20(28)12-23-27-18-9-7-16(11-19(18)31-23)15-5-3-2-4-6-15/h2-11,13H,12,14H2,1H3,(H,24,28)(H,26,29). The van der Waals surface area contributed by atoms with Crippen LogP contribution in [0.3, 0.4) is 0 Å². The van der Waals surface area contributed by atoms with Crippen LogP contribution in [0.1, 0.15) is 5.01 Å². The molecular formula is C23H20N4O3S. The molecule has 7 nitrogen and oxygen atoms in total. The summed E-state index contributed by atoms with van der Waals surface area (Å²) in [4.78, 5) is 32.9. The molecule has 0 saturated carbocycles. The van der Waals surface area contributed by atoms with Gasteiger partial charge in [0.2, 0.25) is 17.7 Å². The summed E-state index contributed by atoms with van der Waals surface area (Å²) in [5, 5.41) is 6.00. The summed E-state index contributed by atoms with van der Waals surface area (Å²) in [5.74, 6) is -0.138. The lowest BCUT2D eigenvalue weighted by molar-refractivity contribution is -0.123. The quantitative estimate of drug-likeness (QED) is 0.465. The van der Waals surface area contributed by atoms with Gasteiger partial charge in [-0.25, -0.2) is 9.97 Å². The third kappa shape index (κ3) is 5.23. The first kappa shape index (κ1) is 20.5. The SMILES string of the molecule is COc1ccc(NC(=O)CNC(=O)Cc2nc3ccc(-c4ccccc4)cc3s2)cn1. The second-order valence-corrected chi connectivity index (χ2v) is 7.86. The van der Waals surface area contributed by atoms with E-state index in [4.69, 9.17) is 4.74 Å². The number of rotatable bonds is 7. The van der Waals surface area contributed by atoms with E-state index in [2.05, 4.69) is 38.8 Å². The summed E-state index contributed by atoms with van der Waals surface area (Å²) >= 11 is 1.48. The van der Waals surface area contributed by atoms with Crippen LogP contribution in [0.25, 0.3) is 21.3 Å². The van der Waals surface area contributed by atoms with Gasteiger partial charge in [0.25, 0.3) is 0 Å². The molecule has 2 N–H and O–H groups in total. The number of carbonyl (C=O) groups is 2. The zero-order valence-corrected chi connectivity index (χ0v) is 17.6. The van der Waals surface area contributed by atoms with E-state index in [0.717, 1.165) is 21.3 Å². The highest BCUT2D eigenvalue weighted by atomic mass is 32.1. The molecule has 2 aromatic carbocycles. The Kier molecular flexibility index (Phi) is 6.18. The van der Waals surface area contributed by atoms with E-state index < -0.39 is 0 Å². The maximum Gasteiger partial charge on any atom is 0.243 e. The van der Waals surface area contributed by atoms with E-state index >= 15 is 0 Å². The molecule has 0 spiro atoms. The first-order valence-corrected chi connectivity index (χ1v) is 10.4. The molecule has 0 aliphatic carbocycles. The molecule has 156 valence electrons. The van der Waals surface area contributed by atoms with E-state index in [9.17, 15) is 9.59 Å². The minimum Gasteiger partial charge on any atom is -0.481 e. The van der Waals surface area contributed by atoms with Crippen molar-refractivity contribution in [2.24, 2.45) is 0 Å². The fraction of sp³-hybridized carbons (Fsp3) is 0.130. The van der Waals surface area contributed by atoms with Crippen LogP contribution in [0.2, 0.25) is 0 Å². The number of carbonyl (C=O) groups excluding carboxylic acids is 2. The van der Waals surface area contributed by atoms with Gasteiger partial charge in [-0.05, 0) is 29.3 Å². The van der Waals surface area contributed by atoms with Crippen LogP contribution in [0.4, 0.5) is 5.69 Å². The second-order valence-electron chi connectivity index (χ2n) is 6.75. The highest BCUT2D eigenvalue weighted by molar-refractivity contribution is 7.18. The fourth-order valence-electron chi connectivity index (χ4n) is 3.02. The number of hydrogen-bond acceptors (Lipinski definition) is 6. The van der Waals surface area contributed by atoms with Crippen molar-refractivity contribution in [3.8, 4) is 17.0 Å². The lowest BCUT2D eigenvalue weighted by Crippen LogP contribution is -2.33. The van der Waals surface area contributed by atoms with Gasteiger partial charge in [-0.2, -0.15) is 0 Å². The lowest BCUT2D eigenvalue weighted by Gasteiger charge is -2.06. The molecule has 0 aliphatic heterocycles. The Morgan fingerprint density at radius 3 is 2.58 bits per heavy atom. The third-order valence-corrected chi connectivity index (χ3v) is 5.55. The number of amides is 2. The molecule has 4 rings (SSSR count). The number of nitrogens with zero attached hydrogens (tertiary/aromatic N) is 2. The number of ether oxygens (including phenoxy) is 1. The number of benzene rings is 2. The predicted molar refractivity (Wildman–Crippen MR) is 121 cm³/mol. The summed E-state index contributed by atoms with van der Waals surface area (Å²) in [6.45, 7) is -0.131. The normalized spacial score (nSPS) is 10.6. The summed E-state index contributed by atoms with van der Waals surface area (Å²) in [7, 11) is 1.52. The molecule has 0 unspecified atom stereocenters. The Morgan fingerprint density at radius 2 is 1.84 bits per heavy atom. The molecular weight excluding hydrogens is 412 g/mol. The first-order valence-electron chi connectivity index (χ1n) is 9.62. The smallest absolute Gasteiger partial charge is 0.243 e. The largest absolute Gasteiger partial charge is 0.481 e. The maximum atomic E-state index is 12.3. The molecule has 0 bridgehead atoms. The van der Waals surface area contributed by atoms with E-state index in [-0.39, 0.29) is 24.8 Å². The number of nitrogens with one attached hydrogen (secondary N) is 2. The number of aromatic nitrogens is 2. The van der Waals surface area contributed by atoms with Gasteiger partial charge in [-0.3, -0.25) is 9.59 Å². The molecule has 2 amide bonds. The van der Waals surface area contributed by atoms with Gasteiger partial charge in [0, 0.05) is 6.07 Å². The minimum absolute atomic E-state index is 0.122. The molecule has 0 atom stereocenters. The van der Waals surface area contributed by atoms with Crippen LogP contribution in [0.15, 0.2) is 66.9 Å². The van der Waals surface area contributed by atoms with E-state index in [1.165, 1.54) is 24.6 Å². The Balaban J connectivity index is 1.33. The second kappa shape index (κ2) is 9.36. The number of hydrogen-bond donors (Lipinski definition) is 2. The van der Waals surface area contributed by atoms with E-state index in [1.54, 1.807) is 12.1 Å². The minimum atomic E-state index is -0.336. The Bertz CT molecular complexity index is 1210. The fourth-order valence-corrected chi connectivity index (χ4v) is 4.02. The highest BCUT2D eigenvalue weighted by Gasteiger charge is 2.12. The molecule has 2 heterocycles. The van der Waals surface area contributed by atoms with Crippen molar-refractivity contribution in [1.29, 1.82) is 0 Å². The topological polar surface area (TPSA) is 93.2 Å². The predicted octanol–water partition coefficient (Wildman–Crippen LogP) is 3.66. The summed E-state index contributed by atoms with van der Waals surface area (Å²) in [5.41, 5.74) is 3.63. The third-order valence-electron chi connectivity index (χ3n) is 4.53. The molecule has 31 heavy (non-hydrogen) atoms. The average molecular weight is 433 g/mol. The van der Waals surface area contributed by atoms with Crippen molar-refractivity contribution in [2.45, 2.75) is 6.42 Å². The van der Waals surface area contributed by atoms with Crippen molar-refractivity contribution >= 4 is 39.1 Å². The van der Waals surface area contributed by atoms with Crippen LogP contribution in [-0.4, -0.2) is 35.4 Å².